The van der Waals surface area contributed by atoms with Crippen LogP contribution in [0.5, 0.6) is 0 Å². The van der Waals surface area contributed by atoms with Gasteiger partial charge in [-0.2, -0.15) is 0 Å². The molecular formula is C26H28F2N2O2. The van der Waals surface area contributed by atoms with Gasteiger partial charge in [-0.3, -0.25) is 9.59 Å². The fourth-order valence-corrected chi connectivity index (χ4v) is 3.67. The molecular weight excluding hydrogens is 410 g/mol. The number of pyridine rings is 1. The van der Waals surface area contributed by atoms with E-state index in [0.717, 1.165) is 28.7 Å². The number of alkyl halides is 2. The van der Waals surface area contributed by atoms with Gasteiger partial charge in [-0.15, -0.1) is 0 Å². The summed E-state index contributed by atoms with van der Waals surface area (Å²) in [5.74, 6) is -2.89. The Morgan fingerprint density at radius 1 is 1.22 bits per heavy atom. The highest BCUT2D eigenvalue weighted by Gasteiger charge is 2.31. The zero-order chi connectivity index (χ0) is 23.1. The van der Waals surface area contributed by atoms with Crippen LogP contribution >= 0.6 is 0 Å². The first kappa shape index (κ1) is 23.4. The predicted octanol–water partition coefficient (Wildman–Crippen LogP) is 5.55. The van der Waals surface area contributed by atoms with E-state index in [0.29, 0.717) is 17.7 Å². The zero-order valence-corrected chi connectivity index (χ0v) is 18.4. The van der Waals surface area contributed by atoms with Crippen molar-refractivity contribution in [3.05, 3.63) is 92.9 Å². The van der Waals surface area contributed by atoms with Crippen LogP contribution < -0.4 is 10.9 Å². The second kappa shape index (κ2) is 10.4. The van der Waals surface area contributed by atoms with Crippen LogP contribution in [0.1, 0.15) is 55.0 Å². The maximum absolute atomic E-state index is 13.5. The van der Waals surface area contributed by atoms with Crippen molar-refractivity contribution in [2.75, 3.05) is 0 Å². The van der Waals surface area contributed by atoms with Gasteiger partial charge in [-0.05, 0) is 54.2 Å². The average Bonchev–Trinajstić information content (AvgIpc) is 2.76. The van der Waals surface area contributed by atoms with Gasteiger partial charge < -0.3 is 10.3 Å². The van der Waals surface area contributed by atoms with E-state index in [2.05, 4.69) is 10.3 Å². The Morgan fingerprint density at radius 3 is 2.69 bits per heavy atom. The highest BCUT2D eigenvalue weighted by atomic mass is 19.3. The Morgan fingerprint density at radius 2 is 2.00 bits per heavy atom. The van der Waals surface area contributed by atoms with Crippen molar-refractivity contribution in [1.82, 2.24) is 10.3 Å². The van der Waals surface area contributed by atoms with Crippen molar-refractivity contribution < 1.29 is 13.6 Å². The standard InChI is InChI=1S/C26H28F2N2O2/c1-3-4-7-21(25(32)29-17-22-9-6-11-24(31)30-22)16-20-8-5-10-23(18(20)2)19-12-14-26(27,28)15-13-19/h4-12,16H,3,13-15,17H2,1-2H3,(H,29,32)(H,30,31)/b7-4+,21-16+. The summed E-state index contributed by atoms with van der Waals surface area (Å²) in [4.78, 5) is 27.0. The van der Waals surface area contributed by atoms with E-state index in [9.17, 15) is 18.4 Å². The van der Waals surface area contributed by atoms with Crippen LogP contribution in [0.3, 0.4) is 0 Å². The molecule has 0 fully saturated rings. The van der Waals surface area contributed by atoms with E-state index in [-0.39, 0.29) is 30.9 Å². The minimum atomic E-state index is -2.63. The SMILES string of the molecule is CC/C=C/C(=C\c1cccc(C2=CCC(F)(F)CC2)c1C)C(=O)NCc1cccc(=O)[nH]1. The number of carbonyl (C=O) groups excluding carboxylic acids is 1. The first-order valence-corrected chi connectivity index (χ1v) is 10.8. The zero-order valence-electron chi connectivity index (χ0n) is 18.4. The Balaban J connectivity index is 1.86. The molecule has 0 unspecified atom stereocenters. The van der Waals surface area contributed by atoms with Gasteiger partial charge >= 0.3 is 0 Å². The van der Waals surface area contributed by atoms with E-state index in [4.69, 9.17) is 0 Å². The average molecular weight is 439 g/mol. The van der Waals surface area contributed by atoms with Crippen molar-refractivity contribution in [2.45, 2.75) is 52.0 Å². The lowest BCUT2D eigenvalue weighted by Crippen LogP contribution is -2.25. The number of nitrogens with one attached hydrogen (secondary N) is 2. The molecule has 0 saturated heterocycles. The number of aromatic nitrogens is 1. The molecule has 1 aromatic heterocycles. The van der Waals surface area contributed by atoms with Crippen molar-refractivity contribution in [2.24, 2.45) is 0 Å². The number of hydrogen-bond donors (Lipinski definition) is 2. The van der Waals surface area contributed by atoms with E-state index in [1.165, 1.54) is 6.07 Å². The number of benzene rings is 1. The number of allylic oxidation sites excluding steroid dienone is 3. The Bertz CT molecular complexity index is 1130. The molecule has 0 aliphatic heterocycles. The van der Waals surface area contributed by atoms with Gasteiger partial charge in [-0.25, -0.2) is 8.78 Å². The molecule has 1 aliphatic carbocycles. The molecule has 2 aromatic rings. The van der Waals surface area contributed by atoms with Crippen LogP contribution in [0.15, 0.2) is 65.0 Å². The number of rotatable bonds is 7. The van der Waals surface area contributed by atoms with Gasteiger partial charge in [0.05, 0.1) is 6.54 Å². The second-order valence-corrected chi connectivity index (χ2v) is 7.94. The minimum Gasteiger partial charge on any atom is -0.346 e. The predicted molar refractivity (Wildman–Crippen MR) is 124 cm³/mol. The van der Waals surface area contributed by atoms with Gasteiger partial charge in [0.1, 0.15) is 0 Å². The molecule has 168 valence electrons. The lowest BCUT2D eigenvalue weighted by molar-refractivity contribution is -0.117. The van der Waals surface area contributed by atoms with Crippen LogP contribution in [0.2, 0.25) is 0 Å². The molecule has 0 radical (unpaired) electrons. The smallest absolute Gasteiger partial charge is 0.251 e. The summed E-state index contributed by atoms with van der Waals surface area (Å²) in [5.41, 5.74) is 4.55. The van der Waals surface area contributed by atoms with Crippen LogP contribution in [-0.2, 0) is 11.3 Å². The Labute approximate surface area is 186 Å². The largest absolute Gasteiger partial charge is 0.346 e. The quantitative estimate of drug-likeness (QED) is 0.440. The lowest BCUT2D eigenvalue weighted by atomic mass is 9.87. The molecule has 0 atom stereocenters. The first-order valence-electron chi connectivity index (χ1n) is 10.8. The summed E-state index contributed by atoms with van der Waals surface area (Å²) in [5, 5.41) is 2.84. The van der Waals surface area contributed by atoms with Crippen LogP contribution in [-0.4, -0.2) is 16.8 Å². The van der Waals surface area contributed by atoms with Gasteiger partial charge in [0.25, 0.3) is 11.8 Å². The molecule has 32 heavy (non-hydrogen) atoms. The summed E-state index contributed by atoms with van der Waals surface area (Å²) in [6, 6.07) is 10.5. The number of carbonyl (C=O) groups is 1. The fourth-order valence-electron chi connectivity index (χ4n) is 3.67. The van der Waals surface area contributed by atoms with Gasteiger partial charge in [0, 0.05) is 30.2 Å². The fraction of sp³-hybridized carbons (Fsp3) is 0.308. The maximum Gasteiger partial charge on any atom is 0.251 e. The van der Waals surface area contributed by atoms with Gasteiger partial charge in [0.15, 0.2) is 0 Å². The molecule has 1 aliphatic rings. The summed E-state index contributed by atoms with van der Waals surface area (Å²) in [6.07, 6.45) is 7.84. The normalized spacial score (nSPS) is 16.1. The number of H-pyrrole nitrogens is 1. The minimum absolute atomic E-state index is 0.146. The Kier molecular flexibility index (Phi) is 7.57. The monoisotopic (exact) mass is 438 g/mol. The summed E-state index contributed by atoms with van der Waals surface area (Å²) >= 11 is 0. The molecule has 6 heteroatoms. The second-order valence-electron chi connectivity index (χ2n) is 7.94. The Hall–Kier alpha value is -3.28. The topological polar surface area (TPSA) is 62.0 Å². The highest BCUT2D eigenvalue weighted by molar-refractivity contribution is 6.00. The molecule has 2 N–H and O–H groups in total. The van der Waals surface area contributed by atoms with E-state index >= 15 is 0 Å². The van der Waals surface area contributed by atoms with Gasteiger partial charge in [-0.1, -0.05) is 49.4 Å². The first-order chi connectivity index (χ1) is 15.3. The maximum atomic E-state index is 13.5. The summed E-state index contributed by atoms with van der Waals surface area (Å²) in [7, 11) is 0. The summed E-state index contributed by atoms with van der Waals surface area (Å²) in [6.45, 7) is 4.13. The van der Waals surface area contributed by atoms with Crippen molar-refractivity contribution in [3.8, 4) is 0 Å². The van der Waals surface area contributed by atoms with Crippen LogP contribution in [0, 0.1) is 6.92 Å². The van der Waals surface area contributed by atoms with Gasteiger partial charge in [0.2, 0.25) is 5.56 Å². The molecule has 0 spiro atoms. The number of hydrogen-bond acceptors (Lipinski definition) is 2. The molecule has 4 nitrogen and oxygen atoms in total. The molecule has 1 amide bonds. The van der Waals surface area contributed by atoms with E-state index in [1.807, 2.05) is 44.2 Å². The van der Waals surface area contributed by atoms with Crippen molar-refractivity contribution in [3.63, 3.8) is 0 Å². The number of halogens is 2. The summed E-state index contributed by atoms with van der Waals surface area (Å²) < 4.78 is 27.1. The molecule has 1 aromatic carbocycles. The van der Waals surface area contributed by atoms with E-state index < -0.39 is 5.92 Å². The third-order valence-corrected chi connectivity index (χ3v) is 5.50. The van der Waals surface area contributed by atoms with Crippen LogP contribution in [0.25, 0.3) is 11.6 Å². The van der Waals surface area contributed by atoms with Crippen molar-refractivity contribution in [1.29, 1.82) is 0 Å². The molecule has 0 bridgehead atoms. The molecule has 0 saturated carbocycles. The van der Waals surface area contributed by atoms with E-state index in [1.54, 1.807) is 24.3 Å². The van der Waals surface area contributed by atoms with Crippen LogP contribution in [0.4, 0.5) is 8.78 Å². The lowest BCUT2D eigenvalue weighted by Gasteiger charge is -2.23. The molecule has 1 heterocycles. The molecule has 3 rings (SSSR count). The number of aromatic amines is 1. The number of amides is 1. The third-order valence-electron chi connectivity index (χ3n) is 5.50. The highest BCUT2D eigenvalue weighted by Crippen LogP contribution is 2.37. The van der Waals surface area contributed by atoms with Crippen molar-refractivity contribution >= 4 is 17.6 Å². The third kappa shape index (κ3) is 6.13.